The van der Waals surface area contributed by atoms with Crippen LogP contribution in [-0.4, -0.2) is 59.0 Å². The second-order valence-corrected chi connectivity index (χ2v) is 8.02. The molecule has 0 aliphatic carbocycles. The summed E-state index contributed by atoms with van der Waals surface area (Å²) < 4.78 is 7.61. The lowest BCUT2D eigenvalue weighted by Crippen LogP contribution is -2.48. The monoisotopic (exact) mass is 404 g/mol. The zero-order valence-electron chi connectivity index (χ0n) is 17.0. The van der Waals surface area contributed by atoms with Crippen LogP contribution in [0.15, 0.2) is 24.3 Å². The van der Waals surface area contributed by atoms with Crippen molar-refractivity contribution in [2.24, 2.45) is 0 Å². The van der Waals surface area contributed by atoms with Gasteiger partial charge in [-0.3, -0.25) is 9.69 Å². The van der Waals surface area contributed by atoms with E-state index in [2.05, 4.69) is 29.2 Å². The van der Waals surface area contributed by atoms with Crippen LogP contribution < -0.4 is 5.32 Å². The van der Waals surface area contributed by atoms with Gasteiger partial charge < -0.3 is 10.1 Å². The first-order valence-electron chi connectivity index (χ1n) is 9.79. The number of morpholine rings is 1. The molecule has 0 unspecified atom stereocenters. The average Bonchev–Trinajstić information content (AvgIpc) is 2.90. The quantitative estimate of drug-likeness (QED) is 0.804. The zero-order chi connectivity index (χ0) is 20.3. The Morgan fingerprint density at radius 2 is 1.86 bits per heavy atom. The summed E-state index contributed by atoms with van der Waals surface area (Å²) in [5.74, 6) is 0.0243. The molecule has 1 aromatic carbocycles. The van der Waals surface area contributed by atoms with Crippen molar-refractivity contribution in [2.75, 3.05) is 26.2 Å². The van der Waals surface area contributed by atoms with Crippen LogP contribution in [-0.2, 0) is 16.0 Å². The molecule has 2 aromatic rings. The van der Waals surface area contributed by atoms with E-state index in [1.165, 1.54) is 0 Å². The van der Waals surface area contributed by atoms with Crippen molar-refractivity contribution < 1.29 is 9.53 Å². The number of carbonyl (C=O) groups excluding carboxylic acids is 1. The largest absolute Gasteiger partial charge is 0.373 e. The molecule has 1 N–H and O–H groups in total. The highest BCUT2D eigenvalue weighted by molar-refractivity contribution is 6.30. The molecule has 3 rings (SSSR count). The van der Waals surface area contributed by atoms with Crippen LogP contribution in [0, 0.1) is 13.8 Å². The molecule has 1 fully saturated rings. The lowest BCUT2D eigenvalue weighted by atomic mass is 10.1. The lowest BCUT2D eigenvalue weighted by molar-refractivity contribution is -0.120. The Hall–Kier alpha value is -1.89. The topological polar surface area (TPSA) is 59.4 Å². The van der Waals surface area contributed by atoms with Gasteiger partial charge in [-0.1, -0.05) is 11.6 Å². The summed E-state index contributed by atoms with van der Waals surface area (Å²) in [5.41, 5.74) is 3.76. The number of carbonyl (C=O) groups is 1. The van der Waals surface area contributed by atoms with E-state index >= 15 is 0 Å². The SMILES string of the molecule is Cc1nn(-c2ccc(Cl)cc2)c(C)c1CC(=O)NCCN1C[C@@H](C)O[C@@H](C)C1. The summed E-state index contributed by atoms with van der Waals surface area (Å²) >= 11 is 5.97. The maximum absolute atomic E-state index is 12.5. The van der Waals surface area contributed by atoms with Crippen molar-refractivity contribution in [1.82, 2.24) is 20.0 Å². The number of amides is 1. The predicted molar refractivity (Wildman–Crippen MR) is 111 cm³/mol. The molecule has 0 bridgehead atoms. The fourth-order valence-electron chi connectivity index (χ4n) is 3.81. The third-order valence-corrected chi connectivity index (χ3v) is 5.35. The van der Waals surface area contributed by atoms with E-state index < -0.39 is 0 Å². The molecular weight excluding hydrogens is 376 g/mol. The number of ether oxygens (including phenoxy) is 1. The fourth-order valence-corrected chi connectivity index (χ4v) is 3.93. The molecule has 152 valence electrons. The number of nitrogens with one attached hydrogen (secondary N) is 1. The van der Waals surface area contributed by atoms with Crippen LogP contribution >= 0.6 is 11.6 Å². The van der Waals surface area contributed by atoms with Gasteiger partial charge in [0.2, 0.25) is 5.91 Å². The Labute approximate surface area is 171 Å². The first-order valence-corrected chi connectivity index (χ1v) is 10.2. The van der Waals surface area contributed by atoms with Crippen LogP contribution in [0.5, 0.6) is 0 Å². The van der Waals surface area contributed by atoms with Gasteiger partial charge in [-0.25, -0.2) is 4.68 Å². The summed E-state index contributed by atoms with van der Waals surface area (Å²) in [6.07, 6.45) is 0.813. The van der Waals surface area contributed by atoms with E-state index in [1.807, 2.05) is 42.8 Å². The van der Waals surface area contributed by atoms with E-state index in [4.69, 9.17) is 16.3 Å². The van der Waals surface area contributed by atoms with Gasteiger partial charge in [-0.15, -0.1) is 0 Å². The van der Waals surface area contributed by atoms with Crippen molar-refractivity contribution in [3.8, 4) is 5.69 Å². The maximum atomic E-state index is 12.5. The summed E-state index contributed by atoms with van der Waals surface area (Å²) in [6, 6.07) is 7.53. The summed E-state index contributed by atoms with van der Waals surface area (Å²) in [6.45, 7) is 11.4. The van der Waals surface area contributed by atoms with Gasteiger partial charge in [0, 0.05) is 42.5 Å². The van der Waals surface area contributed by atoms with E-state index in [-0.39, 0.29) is 18.1 Å². The Balaban J connectivity index is 1.56. The molecular formula is C21H29ClN4O2. The molecule has 0 spiro atoms. The second-order valence-electron chi connectivity index (χ2n) is 7.58. The minimum absolute atomic E-state index is 0.0243. The van der Waals surface area contributed by atoms with Gasteiger partial charge in [0.15, 0.2) is 0 Å². The predicted octanol–water partition coefficient (Wildman–Crippen LogP) is 2.91. The van der Waals surface area contributed by atoms with Crippen molar-refractivity contribution in [3.05, 3.63) is 46.2 Å². The molecule has 2 atom stereocenters. The minimum atomic E-state index is 0.0243. The lowest BCUT2D eigenvalue weighted by Gasteiger charge is -2.35. The molecule has 1 amide bonds. The van der Waals surface area contributed by atoms with Gasteiger partial charge in [-0.2, -0.15) is 5.10 Å². The first-order chi connectivity index (χ1) is 13.3. The molecule has 0 radical (unpaired) electrons. The van der Waals surface area contributed by atoms with Crippen LogP contribution in [0.2, 0.25) is 5.02 Å². The van der Waals surface area contributed by atoms with E-state index in [9.17, 15) is 4.79 Å². The number of aryl methyl sites for hydroxylation is 1. The van der Waals surface area contributed by atoms with E-state index in [0.717, 1.165) is 42.3 Å². The minimum Gasteiger partial charge on any atom is -0.373 e. The van der Waals surface area contributed by atoms with Crippen LogP contribution in [0.4, 0.5) is 0 Å². The molecule has 0 saturated carbocycles. The average molecular weight is 405 g/mol. The van der Waals surface area contributed by atoms with Crippen LogP contribution in [0.1, 0.15) is 30.8 Å². The van der Waals surface area contributed by atoms with E-state index in [1.54, 1.807) is 0 Å². The molecule has 7 heteroatoms. The molecule has 1 aliphatic heterocycles. The third-order valence-electron chi connectivity index (χ3n) is 5.10. The Morgan fingerprint density at radius 3 is 2.50 bits per heavy atom. The van der Waals surface area contributed by atoms with Gasteiger partial charge in [0.1, 0.15) is 0 Å². The van der Waals surface area contributed by atoms with Crippen molar-refractivity contribution in [1.29, 1.82) is 0 Å². The summed E-state index contributed by atoms with van der Waals surface area (Å²) in [7, 11) is 0. The molecule has 1 saturated heterocycles. The fraction of sp³-hybridized carbons (Fsp3) is 0.524. The highest BCUT2D eigenvalue weighted by Gasteiger charge is 2.22. The van der Waals surface area contributed by atoms with Crippen LogP contribution in [0.3, 0.4) is 0 Å². The zero-order valence-corrected chi connectivity index (χ0v) is 17.8. The first kappa shape index (κ1) is 20.8. The number of nitrogens with zero attached hydrogens (tertiary/aromatic N) is 3. The highest BCUT2D eigenvalue weighted by Crippen LogP contribution is 2.20. The Kier molecular flexibility index (Phi) is 6.75. The van der Waals surface area contributed by atoms with Crippen molar-refractivity contribution in [2.45, 2.75) is 46.3 Å². The number of aromatic nitrogens is 2. The molecule has 1 aromatic heterocycles. The summed E-state index contributed by atoms with van der Waals surface area (Å²) in [5, 5.41) is 8.34. The van der Waals surface area contributed by atoms with Crippen molar-refractivity contribution >= 4 is 17.5 Å². The normalized spacial score (nSPS) is 20.3. The Morgan fingerprint density at radius 1 is 1.21 bits per heavy atom. The Bertz CT molecular complexity index is 809. The van der Waals surface area contributed by atoms with Gasteiger partial charge >= 0.3 is 0 Å². The van der Waals surface area contributed by atoms with Gasteiger partial charge in [0.25, 0.3) is 0 Å². The van der Waals surface area contributed by atoms with Crippen molar-refractivity contribution in [3.63, 3.8) is 0 Å². The molecule has 1 aliphatic rings. The van der Waals surface area contributed by atoms with E-state index in [0.29, 0.717) is 18.0 Å². The molecule has 2 heterocycles. The molecule has 28 heavy (non-hydrogen) atoms. The maximum Gasteiger partial charge on any atom is 0.224 e. The number of benzene rings is 1. The number of halogens is 1. The number of hydrogen-bond acceptors (Lipinski definition) is 4. The smallest absolute Gasteiger partial charge is 0.224 e. The second kappa shape index (κ2) is 9.07. The third kappa shape index (κ3) is 5.13. The van der Waals surface area contributed by atoms with Crippen LogP contribution in [0.25, 0.3) is 5.69 Å². The summed E-state index contributed by atoms with van der Waals surface area (Å²) in [4.78, 5) is 14.8. The van der Waals surface area contributed by atoms with Gasteiger partial charge in [-0.05, 0) is 52.0 Å². The molecule has 6 nitrogen and oxygen atoms in total. The highest BCUT2D eigenvalue weighted by atomic mass is 35.5. The number of hydrogen-bond donors (Lipinski definition) is 1. The number of rotatable bonds is 6. The van der Waals surface area contributed by atoms with Gasteiger partial charge in [0.05, 0.1) is 30.0 Å². The standard InChI is InChI=1S/C21H29ClN4O2/c1-14-12-25(13-15(2)28-14)10-9-23-21(27)11-20-16(3)24-26(17(20)4)19-7-5-18(22)6-8-19/h5-8,14-15H,9-13H2,1-4H3,(H,23,27)/t14-,15+.